The Labute approximate surface area is 88.6 Å². The van der Waals surface area contributed by atoms with Gasteiger partial charge in [0, 0.05) is 5.41 Å². The van der Waals surface area contributed by atoms with Crippen LogP contribution >= 0.6 is 0 Å². The van der Waals surface area contributed by atoms with Crippen LogP contribution in [0.4, 0.5) is 0 Å². The van der Waals surface area contributed by atoms with E-state index in [1.807, 2.05) is 19.9 Å². The number of hydrogen-bond donors (Lipinski definition) is 0. The molecule has 0 bridgehead atoms. The summed E-state index contributed by atoms with van der Waals surface area (Å²) in [6.07, 6.45) is 11.5. The number of allylic oxidation sites excluding steroid dienone is 1. The number of carbonyl (C=O) groups excluding carboxylic acids is 1. The minimum absolute atomic E-state index is 0.110. The van der Waals surface area contributed by atoms with Crippen molar-refractivity contribution in [3.63, 3.8) is 0 Å². The summed E-state index contributed by atoms with van der Waals surface area (Å²) in [6.45, 7) is 7.72. The highest BCUT2D eigenvalue weighted by molar-refractivity contribution is 5.57. The zero-order valence-corrected chi connectivity index (χ0v) is 9.72. The van der Waals surface area contributed by atoms with Crippen LogP contribution in [-0.4, -0.2) is 6.29 Å². The van der Waals surface area contributed by atoms with Crippen LogP contribution in [0.2, 0.25) is 0 Å². The van der Waals surface area contributed by atoms with Crippen molar-refractivity contribution < 1.29 is 4.79 Å². The maximum absolute atomic E-state index is 10.6. The fraction of sp³-hybridized carbons (Fsp3) is 0.769. The molecule has 0 saturated carbocycles. The number of aldehydes is 1. The lowest BCUT2D eigenvalue weighted by atomic mass is 9.88. The zero-order chi connectivity index (χ0) is 10.9. The summed E-state index contributed by atoms with van der Waals surface area (Å²) in [5, 5.41) is 0. The lowest BCUT2D eigenvalue weighted by Gasteiger charge is -2.15. The van der Waals surface area contributed by atoms with E-state index < -0.39 is 0 Å². The molecule has 0 radical (unpaired) electrons. The van der Waals surface area contributed by atoms with Gasteiger partial charge in [0.2, 0.25) is 0 Å². The summed E-state index contributed by atoms with van der Waals surface area (Å²) in [5.74, 6) is 0. The minimum Gasteiger partial charge on any atom is -0.303 e. The molecule has 1 nitrogen and oxygen atoms in total. The van der Waals surface area contributed by atoms with Crippen LogP contribution in [0.1, 0.15) is 58.8 Å². The maximum atomic E-state index is 10.6. The van der Waals surface area contributed by atoms with Gasteiger partial charge in [0.1, 0.15) is 6.29 Å². The molecule has 1 heteroatoms. The Morgan fingerprint density at radius 1 is 1.07 bits per heavy atom. The Bertz CT molecular complexity index is 159. The summed E-state index contributed by atoms with van der Waals surface area (Å²) in [5.41, 5.74) is -0.110. The molecule has 0 rings (SSSR count). The predicted octanol–water partition coefficient (Wildman–Crippen LogP) is 4.13. The van der Waals surface area contributed by atoms with Crippen molar-refractivity contribution in [1.29, 1.82) is 0 Å². The number of rotatable bonds is 9. The molecule has 0 amide bonds. The second-order valence-corrected chi connectivity index (χ2v) is 4.70. The molecule has 14 heavy (non-hydrogen) atoms. The Kier molecular flexibility index (Phi) is 7.45. The second kappa shape index (κ2) is 7.78. The third-order valence-electron chi connectivity index (χ3n) is 2.55. The van der Waals surface area contributed by atoms with E-state index in [2.05, 4.69) is 6.58 Å². The van der Waals surface area contributed by atoms with E-state index in [1.54, 1.807) is 0 Å². The van der Waals surface area contributed by atoms with Crippen LogP contribution in [-0.2, 0) is 4.79 Å². The van der Waals surface area contributed by atoms with Crippen molar-refractivity contribution in [2.45, 2.75) is 58.8 Å². The van der Waals surface area contributed by atoms with Crippen LogP contribution in [0, 0.1) is 5.41 Å². The van der Waals surface area contributed by atoms with Gasteiger partial charge in [-0.25, -0.2) is 0 Å². The van der Waals surface area contributed by atoms with Gasteiger partial charge in [0.15, 0.2) is 0 Å². The molecule has 0 spiro atoms. The lowest BCUT2D eigenvalue weighted by Crippen LogP contribution is -2.12. The molecular weight excluding hydrogens is 172 g/mol. The van der Waals surface area contributed by atoms with Gasteiger partial charge in [-0.05, 0) is 19.3 Å². The molecule has 0 saturated heterocycles. The van der Waals surface area contributed by atoms with Gasteiger partial charge in [-0.1, -0.05) is 45.6 Å². The summed E-state index contributed by atoms with van der Waals surface area (Å²) < 4.78 is 0. The molecule has 0 atom stereocenters. The zero-order valence-electron chi connectivity index (χ0n) is 9.72. The smallest absolute Gasteiger partial charge is 0.125 e. The minimum atomic E-state index is -0.110. The van der Waals surface area contributed by atoms with Crippen LogP contribution in [0.25, 0.3) is 0 Å². The second-order valence-electron chi connectivity index (χ2n) is 4.70. The molecule has 0 heterocycles. The first-order valence-corrected chi connectivity index (χ1v) is 5.69. The first-order valence-electron chi connectivity index (χ1n) is 5.69. The SMILES string of the molecule is C=CCCCCCCCC(C)(C)C=O. The quantitative estimate of drug-likeness (QED) is 0.308. The Balaban J connectivity index is 3.21. The van der Waals surface area contributed by atoms with Crippen LogP contribution in [0.15, 0.2) is 12.7 Å². The molecule has 0 aromatic carbocycles. The van der Waals surface area contributed by atoms with Crippen LogP contribution < -0.4 is 0 Å². The van der Waals surface area contributed by atoms with Crippen molar-refractivity contribution >= 4 is 6.29 Å². The van der Waals surface area contributed by atoms with Gasteiger partial charge in [-0.3, -0.25) is 0 Å². The largest absolute Gasteiger partial charge is 0.303 e. The number of unbranched alkanes of at least 4 members (excludes halogenated alkanes) is 5. The molecule has 0 fully saturated rings. The number of carbonyl (C=O) groups is 1. The Hall–Kier alpha value is -0.590. The van der Waals surface area contributed by atoms with Crippen molar-refractivity contribution in [3.8, 4) is 0 Å². The van der Waals surface area contributed by atoms with Crippen LogP contribution in [0.5, 0.6) is 0 Å². The van der Waals surface area contributed by atoms with E-state index >= 15 is 0 Å². The van der Waals surface area contributed by atoms with E-state index in [0.29, 0.717) is 0 Å². The summed E-state index contributed by atoms with van der Waals surface area (Å²) >= 11 is 0. The van der Waals surface area contributed by atoms with E-state index in [1.165, 1.54) is 32.1 Å². The Morgan fingerprint density at radius 2 is 1.64 bits per heavy atom. The van der Waals surface area contributed by atoms with Gasteiger partial charge in [0.25, 0.3) is 0 Å². The molecule has 0 aliphatic heterocycles. The fourth-order valence-electron chi connectivity index (χ4n) is 1.46. The standard InChI is InChI=1S/C13H24O/c1-4-5-6-7-8-9-10-11-13(2,3)12-14/h4,12H,1,5-11H2,2-3H3. The van der Waals surface area contributed by atoms with E-state index in [0.717, 1.165) is 19.1 Å². The topological polar surface area (TPSA) is 17.1 Å². The van der Waals surface area contributed by atoms with Crippen molar-refractivity contribution in [1.82, 2.24) is 0 Å². The molecule has 0 N–H and O–H groups in total. The molecular formula is C13H24O. The Morgan fingerprint density at radius 3 is 2.21 bits per heavy atom. The van der Waals surface area contributed by atoms with Gasteiger partial charge < -0.3 is 4.79 Å². The fourth-order valence-corrected chi connectivity index (χ4v) is 1.46. The highest BCUT2D eigenvalue weighted by Crippen LogP contribution is 2.21. The molecule has 0 aromatic rings. The molecule has 0 aromatic heterocycles. The third kappa shape index (κ3) is 8.03. The summed E-state index contributed by atoms with van der Waals surface area (Å²) in [6, 6.07) is 0. The average molecular weight is 196 g/mol. The number of hydrogen-bond acceptors (Lipinski definition) is 1. The van der Waals surface area contributed by atoms with Crippen molar-refractivity contribution in [3.05, 3.63) is 12.7 Å². The maximum Gasteiger partial charge on any atom is 0.125 e. The third-order valence-corrected chi connectivity index (χ3v) is 2.55. The highest BCUT2D eigenvalue weighted by Gasteiger charge is 2.14. The van der Waals surface area contributed by atoms with Gasteiger partial charge >= 0.3 is 0 Å². The monoisotopic (exact) mass is 196 g/mol. The average Bonchev–Trinajstić information content (AvgIpc) is 2.16. The summed E-state index contributed by atoms with van der Waals surface area (Å²) in [4.78, 5) is 10.6. The lowest BCUT2D eigenvalue weighted by molar-refractivity contribution is -0.115. The van der Waals surface area contributed by atoms with Crippen LogP contribution in [0.3, 0.4) is 0 Å². The predicted molar refractivity (Wildman–Crippen MR) is 62.4 cm³/mol. The highest BCUT2D eigenvalue weighted by atomic mass is 16.1. The first-order chi connectivity index (χ1) is 6.62. The normalized spacial score (nSPS) is 11.3. The van der Waals surface area contributed by atoms with Gasteiger partial charge in [-0.2, -0.15) is 0 Å². The molecule has 0 aliphatic rings. The first kappa shape index (κ1) is 13.4. The van der Waals surface area contributed by atoms with Crippen molar-refractivity contribution in [2.24, 2.45) is 5.41 Å². The van der Waals surface area contributed by atoms with E-state index in [9.17, 15) is 4.79 Å². The molecule has 0 aliphatic carbocycles. The van der Waals surface area contributed by atoms with E-state index in [4.69, 9.17) is 0 Å². The van der Waals surface area contributed by atoms with E-state index in [-0.39, 0.29) is 5.41 Å². The van der Waals surface area contributed by atoms with Gasteiger partial charge in [0.05, 0.1) is 0 Å². The van der Waals surface area contributed by atoms with Crippen molar-refractivity contribution in [2.75, 3.05) is 0 Å². The summed E-state index contributed by atoms with van der Waals surface area (Å²) in [7, 11) is 0. The molecule has 82 valence electrons. The van der Waals surface area contributed by atoms with Gasteiger partial charge in [-0.15, -0.1) is 6.58 Å². The molecule has 0 unspecified atom stereocenters.